The van der Waals surface area contributed by atoms with Crippen LogP contribution >= 0.6 is 0 Å². The number of aliphatic hydroxyl groups excluding tert-OH is 1. The van der Waals surface area contributed by atoms with Crippen molar-refractivity contribution in [1.29, 1.82) is 0 Å². The van der Waals surface area contributed by atoms with Gasteiger partial charge in [-0.25, -0.2) is 4.68 Å². The topological polar surface area (TPSA) is 145 Å². The molecule has 0 radical (unpaired) electrons. The van der Waals surface area contributed by atoms with Crippen molar-refractivity contribution in [1.82, 2.24) is 19.6 Å². The number of carbonyl (C=O) groups is 4. The fraction of sp³-hybridized carbons (Fsp3) is 0.390. The zero-order valence-electron chi connectivity index (χ0n) is 30.3. The Morgan fingerprint density at radius 3 is 2.23 bits per heavy atom. The first-order chi connectivity index (χ1) is 25.1. The van der Waals surface area contributed by atoms with Crippen molar-refractivity contribution < 1.29 is 29.4 Å². The summed E-state index contributed by atoms with van der Waals surface area (Å²) >= 11 is 0. The lowest BCUT2D eigenvalue weighted by atomic mass is 9.92. The molecule has 11 nitrogen and oxygen atoms in total. The van der Waals surface area contributed by atoms with Crippen LogP contribution in [0.2, 0.25) is 0 Å². The zero-order chi connectivity index (χ0) is 37.2. The lowest BCUT2D eigenvalue weighted by Gasteiger charge is -2.36. The van der Waals surface area contributed by atoms with E-state index in [1.807, 2.05) is 54.3 Å². The third-order valence-corrected chi connectivity index (χ3v) is 9.65. The first-order valence-electron chi connectivity index (χ1n) is 18.2. The minimum atomic E-state index is -1.01. The Morgan fingerprint density at radius 2 is 1.58 bits per heavy atom. The Bertz CT molecular complexity index is 1860. The largest absolute Gasteiger partial charge is 0.481 e. The number of aliphatic hydroxyl groups is 1. The van der Waals surface area contributed by atoms with Gasteiger partial charge in [0.25, 0.3) is 11.8 Å². The van der Waals surface area contributed by atoms with Crippen molar-refractivity contribution in [2.75, 3.05) is 25.0 Å². The predicted octanol–water partition coefficient (Wildman–Crippen LogP) is 6.37. The molecule has 52 heavy (non-hydrogen) atoms. The van der Waals surface area contributed by atoms with Crippen molar-refractivity contribution in [3.05, 3.63) is 113 Å². The number of rotatable bonds is 16. The smallest absolute Gasteiger partial charge is 0.303 e. The average molecular weight is 708 g/mol. The van der Waals surface area contributed by atoms with E-state index in [0.717, 1.165) is 42.4 Å². The molecule has 0 spiro atoms. The number of benzene rings is 3. The number of aromatic nitrogens is 2. The molecule has 3 N–H and O–H groups in total. The first kappa shape index (κ1) is 38.0. The highest BCUT2D eigenvalue weighted by molar-refractivity contribution is 6.01. The summed E-state index contributed by atoms with van der Waals surface area (Å²) in [7, 11) is 0. The molecule has 0 saturated heterocycles. The molecule has 2 atom stereocenters. The van der Waals surface area contributed by atoms with Crippen LogP contribution in [0.15, 0.2) is 78.9 Å². The highest BCUT2D eigenvalue weighted by Crippen LogP contribution is 2.30. The maximum atomic E-state index is 14.6. The number of hydrogen-bond donors (Lipinski definition) is 3. The van der Waals surface area contributed by atoms with E-state index < -0.39 is 23.8 Å². The Labute approximate surface area is 305 Å². The van der Waals surface area contributed by atoms with E-state index in [9.17, 15) is 29.4 Å². The third-order valence-electron chi connectivity index (χ3n) is 9.65. The third kappa shape index (κ3) is 9.13. The van der Waals surface area contributed by atoms with Crippen LogP contribution in [0, 0.1) is 6.92 Å². The average Bonchev–Trinajstić information content (AvgIpc) is 3.54. The summed E-state index contributed by atoms with van der Waals surface area (Å²) in [6.45, 7) is 7.33. The van der Waals surface area contributed by atoms with Crippen LogP contribution in [0.25, 0.3) is 5.69 Å². The lowest BCUT2D eigenvalue weighted by Crippen LogP contribution is -2.46. The van der Waals surface area contributed by atoms with Gasteiger partial charge in [0.2, 0.25) is 5.91 Å². The molecule has 0 saturated carbocycles. The summed E-state index contributed by atoms with van der Waals surface area (Å²) in [6, 6.07) is 23.1. The Morgan fingerprint density at radius 1 is 0.904 bits per heavy atom. The normalized spacial score (nSPS) is 14.4. The van der Waals surface area contributed by atoms with Gasteiger partial charge in [0.1, 0.15) is 0 Å². The van der Waals surface area contributed by atoms with E-state index in [0.29, 0.717) is 36.6 Å². The van der Waals surface area contributed by atoms with Gasteiger partial charge < -0.3 is 25.3 Å². The van der Waals surface area contributed by atoms with Crippen LogP contribution in [0.5, 0.6) is 0 Å². The number of nitrogens with zero attached hydrogens (tertiary/aromatic N) is 4. The van der Waals surface area contributed by atoms with Gasteiger partial charge in [0.15, 0.2) is 5.69 Å². The number of amides is 3. The molecule has 0 fully saturated rings. The van der Waals surface area contributed by atoms with Crippen LogP contribution in [-0.2, 0) is 22.6 Å². The number of unbranched alkanes of at least 4 members (excludes halogenated alkanes) is 2. The summed E-state index contributed by atoms with van der Waals surface area (Å²) < 4.78 is 1.59. The molecular formula is C41H49N5O6. The molecule has 0 aliphatic carbocycles. The van der Waals surface area contributed by atoms with E-state index in [-0.39, 0.29) is 49.1 Å². The first-order valence-corrected chi connectivity index (χ1v) is 18.2. The molecule has 1 unspecified atom stereocenters. The Hall–Kier alpha value is -5.29. The van der Waals surface area contributed by atoms with Crippen molar-refractivity contribution >= 4 is 29.4 Å². The minimum Gasteiger partial charge on any atom is -0.481 e. The molecule has 274 valence electrons. The van der Waals surface area contributed by atoms with Crippen molar-refractivity contribution in [2.45, 2.75) is 84.2 Å². The van der Waals surface area contributed by atoms with Gasteiger partial charge in [0.05, 0.1) is 30.3 Å². The fourth-order valence-electron chi connectivity index (χ4n) is 6.79. The maximum Gasteiger partial charge on any atom is 0.303 e. The molecule has 3 amide bonds. The minimum absolute atomic E-state index is 0.0763. The second kappa shape index (κ2) is 17.8. The maximum absolute atomic E-state index is 14.6. The van der Waals surface area contributed by atoms with Crippen molar-refractivity contribution in [2.24, 2.45) is 0 Å². The standard InChI is InChI=1S/C41H49N5O6/c1-4-6-19-44(20-7-5-2)41(52)36-21-28(3)46(43-36)37-18-17-33(42-38(48)23-32(24-39(49)50)29-13-9-8-10-14-29)25-35(37)40(51)45-26-31-16-12-11-15-30(31)22-34(45)27-47/h8-18,21,25,32,34,47H,4-7,19-20,22-24,26-27H2,1-3H3,(H,42,48)(H,49,50)/t32?,34-/m1/s1. The summed E-state index contributed by atoms with van der Waals surface area (Å²) in [5, 5.41) is 27.6. The monoisotopic (exact) mass is 707 g/mol. The number of carbonyl (C=O) groups excluding carboxylic acids is 3. The van der Waals surface area contributed by atoms with E-state index >= 15 is 0 Å². The molecule has 1 aromatic heterocycles. The van der Waals surface area contributed by atoms with Gasteiger partial charge >= 0.3 is 5.97 Å². The van der Waals surface area contributed by atoms with E-state index in [4.69, 9.17) is 5.10 Å². The molecule has 0 bridgehead atoms. The number of nitrogens with one attached hydrogen (secondary N) is 1. The molecule has 3 aromatic carbocycles. The van der Waals surface area contributed by atoms with Gasteiger partial charge in [-0.2, -0.15) is 5.10 Å². The molecule has 1 aliphatic heterocycles. The number of carboxylic acids is 1. The molecular weight excluding hydrogens is 658 g/mol. The summed E-state index contributed by atoms with van der Waals surface area (Å²) in [5.74, 6) is -2.48. The Balaban J connectivity index is 1.51. The highest BCUT2D eigenvalue weighted by atomic mass is 16.4. The van der Waals surface area contributed by atoms with Crippen LogP contribution < -0.4 is 5.32 Å². The molecule has 5 rings (SSSR count). The van der Waals surface area contributed by atoms with Gasteiger partial charge in [-0.3, -0.25) is 19.2 Å². The van der Waals surface area contributed by atoms with Crippen molar-refractivity contribution in [3.63, 3.8) is 0 Å². The molecule has 4 aromatic rings. The second-order valence-corrected chi connectivity index (χ2v) is 13.5. The summed E-state index contributed by atoms with van der Waals surface area (Å²) in [4.78, 5) is 56.9. The number of aliphatic carboxylic acids is 1. The second-order valence-electron chi connectivity index (χ2n) is 13.5. The summed E-state index contributed by atoms with van der Waals surface area (Å²) in [6.07, 6.45) is 3.88. The van der Waals surface area contributed by atoms with Gasteiger partial charge in [-0.15, -0.1) is 0 Å². The summed E-state index contributed by atoms with van der Waals surface area (Å²) in [5.41, 5.74) is 4.75. The van der Waals surface area contributed by atoms with E-state index in [1.54, 1.807) is 46.0 Å². The van der Waals surface area contributed by atoms with Crippen molar-refractivity contribution in [3.8, 4) is 5.69 Å². The van der Waals surface area contributed by atoms with Gasteiger partial charge in [0, 0.05) is 43.4 Å². The van der Waals surface area contributed by atoms with Gasteiger partial charge in [-0.1, -0.05) is 81.3 Å². The predicted molar refractivity (Wildman–Crippen MR) is 200 cm³/mol. The number of fused-ring (bicyclic) bond motifs is 1. The van der Waals surface area contributed by atoms with Crippen LogP contribution in [-0.4, -0.2) is 79.2 Å². The number of aryl methyl sites for hydroxylation is 1. The quantitative estimate of drug-likeness (QED) is 0.123. The zero-order valence-corrected chi connectivity index (χ0v) is 30.3. The fourth-order valence-corrected chi connectivity index (χ4v) is 6.79. The lowest BCUT2D eigenvalue weighted by molar-refractivity contribution is -0.137. The van der Waals surface area contributed by atoms with Crippen LogP contribution in [0.1, 0.15) is 102 Å². The Kier molecular flexibility index (Phi) is 13.0. The van der Waals surface area contributed by atoms with E-state index in [2.05, 4.69) is 19.2 Å². The molecule has 2 heterocycles. The number of hydrogen-bond acceptors (Lipinski definition) is 6. The molecule has 1 aliphatic rings. The van der Waals surface area contributed by atoms with Crippen LogP contribution in [0.3, 0.4) is 0 Å². The SMILES string of the molecule is CCCCN(CCCC)C(=O)c1cc(C)n(-c2ccc(NC(=O)CC(CC(=O)O)c3ccccc3)cc2C(=O)N2Cc3ccccc3C[C@@H]2CO)n1. The van der Waals surface area contributed by atoms with Crippen LogP contribution in [0.4, 0.5) is 5.69 Å². The number of carboxylic acid groups (broad SMARTS) is 1. The molecule has 11 heteroatoms. The number of anilines is 1. The highest BCUT2D eigenvalue weighted by Gasteiger charge is 2.32. The van der Waals surface area contributed by atoms with E-state index in [1.165, 1.54) is 0 Å². The van der Waals surface area contributed by atoms with Gasteiger partial charge in [-0.05, 0) is 67.1 Å².